The summed E-state index contributed by atoms with van der Waals surface area (Å²) in [6.07, 6.45) is 1.03. The van der Waals surface area contributed by atoms with Gasteiger partial charge in [0.15, 0.2) is 0 Å². The molecule has 1 unspecified atom stereocenters. The van der Waals surface area contributed by atoms with Crippen molar-refractivity contribution in [1.29, 1.82) is 0 Å². The molecule has 2 aliphatic rings. The molecule has 2 aliphatic heterocycles. The van der Waals surface area contributed by atoms with Crippen LogP contribution in [0.5, 0.6) is 0 Å². The lowest BCUT2D eigenvalue weighted by atomic mass is 10.1. The minimum atomic E-state index is -0.207. The first-order valence-corrected chi connectivity index (χ1v) is 8.26. The molecule has 0 spiro atoms. The highest BCUT2D eigenvalue weighted by molar-refractivity contribution is 7.99. The molecule has 3 rings (SSSR count). The molecule has 1 aromatic carbocycles. The van der Waals surface area contributed by atoms with Crippen LogP contribution in [0.15, 0.2) is 24.3 Å². The van der Waals surface area contributed by atoms with Crippen molar-refractivity contribution < 1.29 is 9.18 Å². The van der Waals surface area contributed by atoms with Crippen LogP contribution >= 0.6 is 11.8 Å². The molecule has 2 fully saturated rings. The van der Waals surface area contributed by atoms with Gasteiger partial charge in [0, 0.05) is 43.5 Å². The second-order valence-electron chi connectivity index (χ2n) is 5.35. The van der Waals surface area contributed by atoms with Crippen LogP contribution in [0.3, 0.4) is 0 Å². The average Bonchev–Trinajstić information content (AvgIpc) is 3.02. The standard InChI is InChI=1S/C15H19FN2OS/c16-13-1-3-14(4-2-13)17-6-8-18(9-7-17)15(19)12-5-10-20-11-12/h1-4,12H,5-11H2. The van der Waals surface area contributed by atoms with Crippen LogP contribution in [0.4, 0.5) is 10.1 Å². The van der Waals surface area contributed by atoms with Gasteiger partial charge in [0.2, 0.25) is 5.91 Å². The Labute approximate surface area is 123 Å². The van der Waals surface area contributed by atoms with Crippen molar-refractivity contribution in [3.05, 3.63) is 30.1 Å². The highest BCUT2D eigenvalue weighted by Crippen LogP contribution is 2.26. The Hall–Kier alpha value is -1.23. The fourth-order valence-electron chi connectivity index (χ4n) is 2.82. The molecule has 0 saturated carbocycles. The maximum atomic E-state index is 12.9. The monoisotopic (exact) mass is 294 g/mol. The lowest BCUT2D eigenvalue weighted by Gasteiger charge is -2.37. The number of rotatable bonds is 2. The van der Waals surface area contributed by atoms with Crippen LogP contribution in [0.25, 0.3) is 0 Å². The maximum absolute atomic E-state index is 12.9. The lowest BCUT2D eigenvalue weighted by Crippen LogP contribution is -2.50. The Morgan fingerprint density at radius 1 is 1.15 bits per heavy atom. The van der Waals surface area contributed by atoms with Crippen LogP contribution in [-0.4, -0.2) is 48.5 Å². The van der Waals surface area contributed by atoms with Crippen LogP contribution in [-0.2, 0) is 4.79 Å². The molecule has 0 aliphatic carbocycles. The van der Waals surface area contributed by atoms with E-state index in [9.17, 15) is 9.18 Å². The number of carbonyl (C=O) groups excluding carboxylic acids is 1. The van der Waals surface area contributed by atoms with Gasteiger partial charge < -0.3 is 9.80 Å². The smallest absolute Gasteiger partial charge is 0.226 e. The number of amides is 1. The minimum Gasteiger partial charge on any atom is -0.368 e. The number of carbonyl (C=O) groups is 1. The molecule has 1 aromatic rings. The Morgan fingerprint density at radius 3 is 2.45 bits per heavy atom. The van der Waals surface area contributed by atoms with Crippen molar-refractivity contribution in [3.8, 4) is 0 Å². The predicted molar refractivity (Wildman–Crippen MR) is 80.6 cm³/mol. The van der Waals surface area contributed by atoms with Gasteiger partial charge in [-0.25, -0.2) is 4.39 Å². The van der Waals surface area contributed by atoms with Gasteiger partial charge in [-0.3, -0.25) is 4.79 Å². The molecule has 0 radical (unpaired) electrons. The van der Waals surface area contributed by atoms with Crippen molar-refractivity contribution in [2.45, 2.75) is 6.42 Å². The van der Waals surface area contributed by atoms with E-state index in [1.54, 1.807) is 12.1 Å². The van der Waals surface area contributed by atoms with E-state index >= 15 is 0 Å². The molecule has 3 nitrogen and oxygen atoms in total. The number of piperazine rings is 1. The van der Waals surface area contributed by atoms with Gasteiger partial charge in [0.1, 0.15) is 5.82 Å². The van der Waals surface area contributed by atoms with Crippen LogP contribution < -0.4 is 4.90 Å². The maximum Gasteiger partial charge on any atom is 0.226 e. The Balaban J connectivity index is 1.56. The zero-order valence-electron chi connectivity index (χ0n) is 11.4. The van der Waals surface area contributed by atoms with Gasteiger partial charge in [-0.15, -0.1) is 0 Å². The molecule has 1 amide bonds. The average molecular weight is 294 g/mol. The molecule has 2 heterocycles. The number of halogens is 1. The summed E-state index contributed by atoms with van der Waals surface area (Å²) in [6, 6.07) is 6.59. The molecule has 108 valence electrons. The normalized spacial score (nSPS) is 23.1. The molecular weight excluding hydrogens is 275 g/mol. The fourth-order valence-corrected chi connectivity index (χ4v) is 4.04. The first-order chi connectivity index (χ1) is 9.74. The van der Waals surface area contributed by atoms with E-state index in [0.29, 0.717) is 5.91 Å². The van der Waals surface area contributed by atoms with Crippen molar-refractivity contribution >= 4 is 23.4 Å². The number of nitrogens with zero attached hydrogens (tertiary/aromatic N) is 2. The van der Waals surface area contributed by atoms with E-state index in [0.717, 1.165) is 49.8 Å². The molecule has 20 heavy (non-hydrogen) atoms. The second kappa shape index (κ2) is 6.04. The van der Waals surface area contributed by atoms with Gasteiger partial charge in [-0.2, -0.15) is 11.8 Å². The van der Waals surface area contributed by atoms with Crippen molar-refractivity contribution in [1.82, 2.24) is 4.90 Å². The second-order valence-corrected chi connectivity index (χ2v) is 6.50. The van der Waals surface area contributed by atoms with E-state index < -0.39 is 0 Å². The summed E-state index contributed by atoms with van der Waals surface area (Å²) >= 11 is 1.88. The van der Waals surface area contributed by atoms with Crippen LogP contribution in [0.1, 0.15) is 6.42 Å². The summed E-state index contributed by atoms with van der Waals surface area (Å²) in [6.45, 7) is 3.21. The zero-order valence-corrected chi connectivity index (χ0v) is 12.2. The third-order valence-electron chi connectivity index (χ3n) is 4.06. The van der Waals surface area contributed by atoms with Crippen LogP contribution in [0, 0.1) is 11.7 Å². The van der Waals surface area contributed by atoms with Crippen molar-refractivity contribution in [2.24, 2.45) is 5.92 Å². The summed E-state index contributed by atoms with van der Waals surface area (Å²) in [5.41, 5.74) is 1.04. The molecular formula is C15H19FN2OS. The summed E-state index contributed by atoms with van der Waals surface area (Å²) in [7, 11) is 0. The molecule has 0 bridgehead atoms. The largest absolute Gasteiger partial charge is 0.368 e. The van der Waals surface area contributed by atoms with Gasteiger partial charge in [0.05, 0.1) is 0 Å². The van der Waals surface area contributed by atoms with Gasteiger partial charge in [-0.05, 0) is 36.4 Å². The zero-order chi connectivity index (χ0) is 13.9. The minimum absolute atomic E-state index is 0.207. The van der Waals surface area contributed by atoms with E-state index in [-0.39, 0.29) is 11.7 Å². The third-order valence-corrected chi connectivity index (χ3v) is 5.22. The highest BCUT2D eigenvalue weighted by atomic mass is 32.2. The lowest BCUT2D eigenvalue weighted by molar-refractivity contribution is -0.135. The van der Waals surface area contributed by atoms with Gasteiger partial charge in [0.25, 0.3) is 0 Å². The number of thioether (sulfide) groups is 1. The quantitative estimate of drug-likeness (QED) is 0.835. The first kappa shape index (κ1) is 13.7. The first-order valence-electron chi connectivity index (χ1n) is 7.11. The summed E-state index contributed by atoms with van der Waals surface area (Å²) in [4.78, 5) is 16.5. The highest BCUT2D eigenvalue weighted by Gasteiger charge is 2.29. The van der Waals surface area contributed by atoms with E-state index in [1.165, 1.54) is 12.1 Å². The van der Waals surface area contributed by atoms with Crippen molar-refractivity contribution in [3.63, 3.8) is 0 Å². The number of hydrogen-bond acceptors (Lipinski definition) is 3. The fraction of sp³-hybridized carbons (Fsp3) is 0.533. The predicted octanol–water partition coefficient (Wildman–Crippen LogP) is 2.23. The number of benzene rings is 1. The number of hydrogen-bond donors (Lipinski definition) is 0. The molecule has 5 heteroatoms. The number of anilines is 1. The van der Waals surface area contributed by atoms with Crippen molar-refractivity contribution in [2.75, 3.05) is 42.6 Å². The summed E-state index contributed by atoms with van der Waals surface area (Å²) in [5, 5.41) is 0. The summed E-state index contributed by atoms with van der Waals surface area (Å²) in [5.74, 6) is 2.45. The molecule has 2 saturated heterocycles. The molecule has 0 aromatic heterocycles. The van der Waals surface area contributed by atoms with Crippen LogP contribution in [0.2, 0.25) is 0 Å². The van der Waals surface area contributed by atoms with E-state index in [1.807, 2.05) is 16.7 Å². The topological polar surface area (TPSA) is 23.6 Å². The SMILES string of the molecule is O=C(C1CCSC1)N1CCN(c2ccc(F)cc2)CC1. The Bertz CT molecular complexity index is 465. The Morgan fingerprint density at radius 2 is 1.85 bits per heavy atom. The van der Waals surface area contributed by atoms with E-state index in [2.05, 4.69) is 4.90 Å². The molecule has 1 atom stereocenters. The Kier molecular flexibility index (Phi) is 4.15. The summed E-state index contributed by atoms with van der Waals surface area (Å²) < 4.78 is 12.9. The third kappa shape index (κ3) is 2.92. The van der Waals surface area contributed by atoms with Gasteiger partial charge >= 0.3 is 0 Å². The van der Waals surface area contributed by atoms with Gasteiger partial charge in [-0.1, -0.05) is 0 Å². The molecule has 0 N–H and O–H groups in total. The van der Waals surface area contributed by atoms with E-state index in [4.69, 9.17) is 0 Å².